The zero-order chi connectivity index (χ0) is 17.2. The Morgan fingerprint density at radius 2 is 1.43 bits per heavy atom. The van der Waals surface area contributed by atoms with E-state index in [0.717, 1.165) is 9.87 Å². The summed E-state index contributed by atoms with van der Waals surface area (Å²) in [7, 11) is -3.98. The highest BCUT2D eigenvalue weighted by molar-refractivity contribution is 7.89. The molecular weight excluding hydrogens is 322 g/mol. The summed E-state index contributed by atoms with van der Waals surface area (Å²) in [6.07, 6.45) is 0. The summed E-state index contributed by atoms with van der Waals surface area (Å²) >= 11 is 0. The van der Waals surface area contributed by atoms with Crippen LogP contribution in [0.15, 0.2) is 29.2 Å². The third kappa shape index (κ3) is 3.37. The number of hydrogen-bond acceptors (Lipinski definition) is 6. The van der Waals surface area contributed by atoms with Crippen molar-refractivity contribution in [3.8, 4) is 0 Å². The fourth-order valence-electron chi connectivity index (χ4n) is 2.26. The number of aryl methyl sites for hydroxylation is 1. The lowest BCUT2D eigenvalue weighted by molar-refractivity contribution is -0.147. The number of carbonyl (C=O) groups excluding carboxylic acids is 2. The second-order valence-corrected chi connectivity index (χ2v) is 6.88. The molecule has 2 rings (SSSR count). The molecule has 0 N–H and O–H groups in total. The third-order valence-electron chi connectivity index (χ3n) is 3.41. The van der Waals surface area contributed by atoms with Gasteiger partial charge in [0.05, 0.1) is 18.1 Å². The Balaban J connectivity index is 2.32. The smallest absolute Gasteiger partial charge is 0.326 e. The van der Waals surface area contributed by atoms with Gasteiger partial charge in [-0.3, -0.25) is 9.59 Å². The second kappa shape index (κ2) is 6.67. The molecule has 1 heterocycles. The lowest BCUT2D eigenvalue weighted by atomic mass is 10.2. The minimum Gasteiger partial charge on any atom is -0.465 e. The van der Waals surface area contributed by atoms with E-state index in [0.29, 0.717) is 0 Å². The molecule has 23 heavy (non-hydrogen) atoms. The molecule has 1 aromatic carbocycles. The summed E-state index contributed by atoms with van der Waals surface area (Å²) in [6, 6.07) is 3.84. The summed E-state index contributed by atoms with van der Waals surface area (Å²) in [6.45, 7) is 5.25. The number of esters is 2. The molecule has 1 fully saturated rings. The van der Waals surface area contributed by atoms with Gasteiger partial charge in [-0.1, -0.05) is 17.7 Å². The van der Waals surface area contributed by atoms with E-state index in [1.165, 1.54) is 12.1 Å². The first-order valence-electron chi connectivity index (χ1n) is 7.28. The zero-order valence-corrected chi connectivity index (χ0v) is 14.0. The maximum Gasteiger partial charge on any atom is 0.326 e. The summed E-state index contributed by atoms with van der Waals surface area (Å²) in [5, 5.41) is 0. The number of rotatable bonds is 6. The molecule has 3 atom stereocenters. The predicted octanol–water partition coefficient (Wildman–Crippen LogP) is 0.863. The van der Waals surface area contributed by atoms with Gasteiger partial charge in [0.25, 0.3) is 0 Å². The number of ether oxygens (including phenoxy) is 2. The van der Waals surface area contributed by atoms with Gasteiger partial charge in [-0.05, 0) is 32.9 Å². The number of hydrogen-bond donors (Lipinski definition) is 0. The first-order chi connectivity index (χ1) is 10.8. The molecule has 0 bridgehead atoms. The molecule has 8 heteroatoms. The molecule has 1 unspecified atom stereocenters. The molecule has 0 aromatic heterocycles. The molecule has 126 valence electrons. The van der Waals surface area contributed by atoms with Gasteiger partial charge in [-0.2, -0.15) is 4.31 Å². The molecule has 0 spiro atoms. The Morgan fingerprint density at radius 1 is 1.00 bits per heavy atom. The summed E-state index contributed by atoms with van der Waals surface area (Å²) < 4.78 is 35.9. The van der Waals surface area contributed by atoms with Crippen molar-refractivity contribution in [3.05, 3.63) is 29.8 Å². The standard InChI is InChI=1S/C15H19NO6S/c1-4-21-14(17)12-13(15(18)22-5-2)16(12)23(19,20)11-8-6-10(3)7-9-11/h6-9,12-13H,4-5H2,1-3H3/t12-,13+,16?. The topological polar surface area (TPSA) is 89.8 Å². The lowest BCUT2D eigenvalue weighted by Crippen LogP contribution is -2.21. The van der Waals surface area contributed by atoms with Crippen LogP contribution in [0.25, 0.3) is 0 Å². The van der Waals surface area contributed by atoms with Crippen LogP contribution in [0.3, 0.4) is 0 Å². The third-order valence-corrected chi connectivity index (χ3v) is 5.29. The van der Waals surface area contributed by atoms with E-state index in [4.69, 9.17) is 9.47 Å². The van der Waals surface area contributed by atoms with Gasteiger partial charge in [-0.25, -0.2) is 8.42 Å². The fourth-order valence-corrected chi connectivity index (χ4v) is 3.93. The highest BCUT2D eigenvalue weighted by Gasteiger charge is 2.65. The van der Waals surface area contributed by atoms with E-state index in [-0.39, 0.29) is 18.1 Å². The normalized spacial score (nSPS) is 23.2. The average molecular weight is 341 g/mol. The molecule has 1 saturated heterocycles. The van der Waals surface area contributed by atoms with E-state index in [1.807, 2.05) is 6.92 Å². The van der Waals surface area contributed by atoms with Crippen LogP contribution in [0.5, 0.6) is 0 Å². The van der Waals surface area contributed by atoms with Gasteiger partial charge in [0.1, 0.15) is 0 Å². The Labute approximate surface area is 135 Å². The molecule has 0 amide bonds. The van der Waals surface area contributed by atoms with E-state index in [2.05, 4.69) is 0 Å². The van der Waals surface area contributed by atoms with Crippen LogP contribution in [0.4, 0.5) is 0 Å². The van der Waals surface area contributed by atoms with Crippen molar-refractivity contribution in [2.45, 2.75) is 37.8 Å². The second-order valence-electron chi connectivity index (χ2n) is 5.04. The van der Waals surface area contributed by atoms with Crippen LogP contribution in [-0.2, 0) is 29.1 Å². The summed E-state index contributed by atoms with van der Waals surface area (Å²) in [5.74, 6) is -1.50. The number of nitrogens with zero attached hydrogens (tertiary/aromatic N) is 1. The Morgan fingerprint density at radius 3 is 1.83 bits per heavy atom. The first kappa shape index (κ1) is 17.4. The molecule has 7 nitrogen and oxygen atoms in total. The van der Waals surface area contributed by atoms with Crippen LogP contribution in [-0.4, -0.2) is 50.0 Å². The molecule has 0 saturated carbocycles. The van der Waals surface area contributed by atoms with Gasteiger partial charge < -0.3 is 9.47 Å². The van der Waals surface area contributed by atoms with Crippen molar-refractivity contribution in [2.75, 3.05) is 13.2 Å². The van der Waals surface area contributed by atoms with Crippen molar-refractivity contribution >= 4 is 22.0 Å². The fraction of sp³-hybridized carbons (Fsp3) is 0.467. The van der Waals surface area contributed by atoms with Crippen LogP contribution in [0.2, 0.25) is 0 Å². The molecule has 0 aliphatic carbocycles. The van der Waals surface area contributed by atoms with Crippen LogP contribution < -0.4 is 0 Å². The van der Waals surface area contributed by atoms with E-state index < -0.39 is 34.0 Å². The Hall–Kier alpha value is -1.93. The van der Waals surface area contributed by atoms with E-state index in [1.54, 1.807) is 26.0 Å². The monoisotopic (exact) mass is 341 g/mol. The van der Waals surface area contributed by atoms with Crippen molar-refractivity contribution in [2.24, 2.45) is 0 Å². The van der Waals surface area contributed by atoms with Gasteiger partial charge in [0.2, 0.25) is 10.0 Å². The predicted molar refractivity (Wildman–Crippen MR) is 81.0 cm³/mol. The number of benzene rings is 1. The van der Waals surface area contributed by atoms with Gasteiger partial charge in [0.15, 0.2) is 12.1 Å². The van der Waals surface area contributed by atoms with Gasteiger partial charge >= 0.3 is 11.9 Å². The maximum absolute atomic E-state index is 12.7. The number of sulfonamides is 1. The molecule has 1 aromatic rings. The van der Waals surface area contributed by atoms with Gasteiger partial charge in [-0.15, -0.1) is 0 Å². The molecular formula is C15H19NO6S. The zero-order valence-electron chi connectivity index (χ0n) is 13.2. The van der Waals surface area contributed by atoms with Gasteiger partial charge in [0, 0.05) is 0 Å². The Bertz CT molecular complexity index is 673. The quantitative estimate of drug-likeness (QED) is 0.563. The number of carbonyl (C=O) groups is 2. The van der Waals surface area contributed by atoms with Crippen molar-refractivity contribution in [1.82, 2.24) is 4.31 Å². The van der Waals surface area contributed by atoms with Crippen molar-refractivity contribution < 1.29 is 27.5 Å². The van der Waals surface area contributed by atoms with Crippen LogP contribution >= 0.6 is 0 Å². The van der Waals surface area contributed by atoms with E-state index >= 15 is 0 Å². The summed E-state index contributed by atoms with van der Waals surface area (Å²) in [5.41, 5.74) is 0.902. The molecule has 0 radical (unpaired) electrons. The minimum absolute atomic E-state index is 0.0178. The highest BCUT2D eigenvalue weighted by Crippen LogP contribution is 2.37. The maximum atomic E-state index is 12.7. The summed E-state index contributed by atoms with van der Waals surface area (Å²) in [4.78, 5) is 23.9. The van der Waals surface area contributed by atoms with Crippen LogP contribution in [0.1, 0.15) is 19.4 Å². The van der Waals surface area contributed by atoms with E-state index in [9.17, 15) is 18.0 Å². The largest absolute Gasteiger partial charge is 0.465 e. The SMILES string of the molecule is CCOC(=O)[C@@H]1[C@H](C(=O)OCC)N1S(=O)(=O)c1ccc(C)cc1. The lowest BCUT2D eigenvalue weighted by Gasteiger charge is -2.07. The molecule has 1 aliphatic rings. The minimum atomic E-state index is -3.98. The Kier molecular flexibility index (Phi) is 5.06. The molecule has 1 aliphatic heterocycles. The van der Waals surface area contributed by atoms with Crippen molar-refractivity contribution in [3.63, 3.8) is 0 Å². The van der Waals surface area contributed by atoms with Crippen LogP contribution in [0, 0.1) is 6.92 Å². The highest BCUT2D eigenvalue weighted by atomic mass is 32.2. The average Bonchev–Trinajstić information content (AvgIpc) is 3.25. The first-order valence-corrected chi connectivity index (χ1v) is 8.72. The van der Waals surface area contributed by atoms with Crippen molar-refractivity contribution in [1.29, 1.82) is 0 Å².